The average molecular weight is 389 g/mol. The summed E-state index contributed by atoms with van der Waals surface area (Å²) >= 11 is 0. The summed E-state index contributed by atoms with van der Waals surface area (Å²) in [5.41, 5.74) is 10.1. The van der Waals surface area contributed by atoms with Crippen LogP contribution in [-0.2, 0) is 0 Å². The van der Waals surface area contributed by atoms with Crippen molar-refractivity contribution in [3.63, 3.8) is 0 Å². The minimum atomic E-state index is -0.251. The van der Waals surface area contributed by atoms with Crippen molar-refractivity contribution in [2.75, 3.05) is 12.8 Å². The molecule has 4 aromatic rings. The van der Waals surface area contributed by atoms with E-state index in [9.17, 15) is 4.79 Å². The van der Waals surface area contributed by atoms with Crippen LogP contribution in [0.5, 0.6) is 5.75 Å². The molecule has 7 nitrogen and oxygen atoms in total. The predicted octanol–water partition coefficient (Wildman–Crippen LogP) is 3.69. The zero-order valence-corrected chi connectivity index (χ0v) is 16.6. The first-order valence-electron chi connectivity index (χ1n) is 9.55. The number of para-hydroxylation sites is 2. The van der Waals surface area contributed by atoms with Crippen molar-refractivity contribution in [2.45, 2.75) is 26.3 Å². The predicted molar refractivity (Wildman–Crippen MR) is 115 cm³/mol. The minimum absolute atomic E-state index is 0.0229. The molecule has 2 aromatic heterocycles. The van der Waals surface area contributed by atoms with Crippen LogP contribution >= 0.6 is 0 Å². The summed E-state index contributed by atoms with van der Waals surface area (Å²) < 4.78 is 7.01. The van der Waals surface area contributed by atoms with Crippen LogP contribution in [-0.4, -0.2) is 33.6 Å². The second-order valence-corrected chi connectivity index (χ2v) is 6.96. The molecule has 4 rings (SSSR count). The van der Waals surface area contributed by atoms with E-state index in [0.717, 1.165) is 23.4 Å². The quantitative estimate of drug-likeness (QED) is 0.543. The number of nitrogens with two attached hydrogens (primary N) is 1. The highest BCUT2D eigenvalue weighted by Gasteiger charge is 2.25. The number of benzene rings is 2. The number of nitrogen functional groups attached to an aromatic ring is 1. The second-order valence-electron chi connectivity index (χ2n) is 6.96. The summed E-state index contributed by atoms with van der Waals surface area (Å²) in [6, 6.07) is 15.0. The van der Waals surface area contributed by atoms with Crippen LogP contribution in [0, 0.1) is 0 Å². The number of nitrogens with one attached hydrogen (secondary N) is 1. The topological polar surface area (TPSA) is 95.1 Å². The number of hydrogen-bond acceptors (Lipinski definition) is 5. The van der Waals surface area contributed by atoms with E-state index in [1.165, 1.54) is 0 Å². The number of rotatable bonds is 5. The Bertz CT molecular complexity index is 1200. The van der Waals surface area contributed by atoms with E-state index in [1.54, 1.807) is 11.7 Å². The van der Waals surface area contributed by atoms with Gasteiger partial charge in [0.25, 0.3) is 5.91 Å². The summed E-state index contributed by atoms with van der Waals surface area (Å²) in [6.07, 6.45) is 0.817. The summed E-state index contributed by atoms with van der Waals surface area (Å²) in [4.78, 5) is 22.5. The van der Waals surface area contributed by atoms with E-state index in [1.807, 2.05) is 62.4 Å². The zero-order chi connectivity index (χ0) is 20.5. The van der Waals surface area contributed by atoms with Gasteiger partial charge in [0.1, 0.15) is 22.6 Å². The molecule has 0 bridgehead atoms. The summed E-state index contributed by atoms with van der Waals surface area (Å²) in [6.45, 7) is 3.97. The average Bonchev–Trinajstić information content (AvgIpc) is 3.02. The van der Waals surface area contributed by atoms with Gasteiger partial charge in [-0.05, 0) is 49.7 Å². The highest BCUT2D eigenvalue weighted by Crippen LogP contribution is 2.31. The molecular weight excluding hydrogens is 366 g/mol. The molecule has 0 unspecified atom stereocenters. The molecule has 1 amide bonds. The van der Waals surface area contributed by atoms with Crippen LogP contribution in [0.15, 0.2) is 48.5 Å². The van der Waals surface area contributed by atoms with Crippen LogP contribution in [0.2, 0.25) is 0 Å². The third kappa shape index (κ3) is 3.24. The maximum atomic E-state index is 13.0. The number of anilines is 1. The number of hydrogen-bond donors (Lipinski definition) is 2. The maximum absolute atomic E-state index is 13.0. The Kier molecular flexibility index (Phi) is 4.80. The number of amides is 1. The van der Waals surface area contributed by atoms with Crippen LogP contribution < -0.4 is 15.8 Å². The molecule has 2 aromatic carbocycles. The highest BCUT2D eigenvalue weighted by atomic mass is 16.5. The first-order valence-corrected chi connectivity index (χ1v) is 9.55. The lowest BCUT2D eigenvalue weighted by atomic mass is 10.2. The van der Waals surface area contributed by atoms with Crippen molar-refractivity contribution >= 4 is 33.9 Å². The molecule has 2 heterocycles. The number of aromatic nitrogens is 3. The van der Waals surface area contributed by atoms with Gasteiger partial charge in [-0.3, -0.25) is 9.36 Å². The molecule has 3 N–H and O–H groups in total. The van der Waals surface area contributed by atoms with Crippen molar-refractivity contribution in [1.29, 1.82) is 0 Å². The lowest BCUT2D eigenvalue weighted by Gasteiger charge is -2.12. The molecule has 0 aliphatic heterocycles. The number of nitrogens with zero attached hydrogens (tertiary/aromatic N) is 3. The Balaban J connectivity index is 1.99. The lowest BCUT2D eigenvalue weighted by Crippen LogP contribution is -2.32. The Morgan fingerprint density at radius 3 is 2.41 bits per heavy atom. The highest BCUT2D eigenvalue weighted by molar-refractivity contribution is 6.11. The Labute approximate surface area is 168 Å². The Morgan fingerprint density at radius 2 is 1.79 bits per heavy atom. The number of methoxy groups -OCH3 is 1. The third-order valence-corrected chi connectivity index (χ3v) is 5.05. The van der Waals surface area contributed by atoms with Crippen LogP contribution in [0.4, 0.5) is 5.82 Å². The molecule has 0 radical (unpaired) electrons. The maximum Gasteiger partial charge on any atom is 0.257 e. The van der Waals surface area contributed by atoms with Gasteiger partial charge in [-0.1, -0.05) is 19.1 Å². The van der Waals surface area contributed by atoms with Gasteiger partial charge in [0, 0.05) is 11.7 Å². The fourth-order valence-electron chi connectivity index (χ4n) is 3.28. The van der Waals surface area contributed by atoms with Crippen molar-refractivity contribution in [3.05, 3.63) is 54.1 Å². The number of ether oxygens (including phenoxy) is 1. The molecule has 1 atom stereocenters. The first kappa shape index (κ1) is 18.7. The molecule has 7 heteroatoms. The van der Waals surface area contributed by atoms with E-state index in [0.29, 0.717) is 28.1 Å². The smallest absolute Gasteiger partial charge is 0.257 e. The van der Waals surface area contributed by atoms with Gasteiger partial charge >= 0.3 is 0 Å². The lowest BCUT2D eigenvalue weighted by molar-refractivity contribution is 0.0941. The standard InChI is InChI=1S/C22H23N5O2/c1-4-13(2)24-22(28)18-19-21(26-17-8-6-5-7-16(17)25-19)27(20(18)23)14-9-11-15(29-3)12-10-14/h5-13H,4,23H2,1-3H3,(H,24,28)/t13-/m1/s1. The number of fused-ring (bicyclic) bond motifs is 2. The fourth-order valence-corrected chi connectivity index (χ4v) is 3.28. The summed E-state index contributed by atoms with van der Waals surface area (Å²) in [5.74, 6) is 0.787. The molecule has 29 heavy (non-hydrogen) atoms. The SMILES string of the molecule is CC[C@@H](C)NC(=O)c1c(N)n(-c2ccc(OC)cc2)c2nc3ccccc3nc12. The van der Waals surface area contributed by atoms with Gasteiger partial charge in [0.2, 0.25) is 0 Å². The van der Waals surface area contributed by atoms with Crippen LogP contribution in [0.25, 0.3) is 27.9 Å². The normalized spacial score (nSPS) is 12.2. The monoisotopic (exact) mass is 389 g/mol. The van der Waals surface area contributed by atoms with Crippen molar-refractivity contribution in [3.8, 4) is 11.4 Å². The van der Waals surface area contributed by atoms with Gasteiger partial charge in [0.05, 0.1) is 18.1 Å². The summed E-state index contributed by atoms with van der Waals surface area (Å²) in [7, 11) is 1.61. The van der Waals surface area contributed by atoms with Gasteiger partial charge < -0.3 is 15.8 Å². The van der Waals surface area contributed by atoms with E-state index >= 15 is 0 Å². The molecule has 0 spiro atoms. The molecule has 0 fully saturated rings. The zero-order valence-electron chi connectivity index (χ0n) is 16.6. The van der Waals surface area contributed by atoms with E-state index in [4.69, 9.17) is 20.4 Å². The van der Waals surface area contributed by atoms with Gasteiger partial charge in [-0.25, -0.2) is 9.97 Å². The first-order chi connectivity index (χ1) is 14.0. The largest absolute Gasteiger partial charge is 0.497 e. The molecule has 148 valence electrons. The van der Waals surface area contributed by atoms with Gasteiger partial charge in [-0.2, -0.15) is 0 Å². The minimum Gasteiger partial charge on any atom is -0.497 e. The fraction of sp³-hybridized carbons (Fsp3) is 0.227. The van der Waals surface area contributed by atoms with Gasteiger partial charge in [0.15, 0.2) is 5.65 Å². The Morgan fingerprint density at radius 1 is 1.14 bits per heavy atom. The van der Waals surface area contributed by atoms with Crippen molar-refractivity contribution < 1.29 is 9.53 Å². The molecular formula is C22H23N5O2. The van der Waals surface area contributed by atoms with Gasteiger partial charge in [-0.15, -0.1) is 0 Å². The van der Waals surface area contributed by atoms with E-state index in [-0.39, 0.29) is 11.9 Å². The number of carbonyl (C=O) groups excluding carboxylic acids is 1. The molecule has 0 aliphatic rings. The molecule has 0 aliphatic carbocycles. The van der Waals surface area contributed by atoms with Crippen molar-refractivity contribution in [2.24, 2.45) is 0 Å². The van der Waals surface area contributed by atoms with Crippen molar-refractivity contribution in [1.82, 2.24) is 19.9 Å². The Hall–Kier alpha value is -3.61. The number of carbonyl (C=O) groups is 1. The van der Waals surface area contributed by atoms with Crippen LogP contribution in [0.1, 0.15) is 30.6 Å². The van der Waals surface area contributed by atoms with E-state index < -0.39 is 0 Å². The molecule has 0 saturated carbocycles. The van der Waals surface area contributed by atoms with E-state index in [2.05, 4.69) is 5.32 Å². The summed E-state index contributed by atoms with van der Waals surface area (Å²) in [5, 5.41) is 2.99. The van der Waals surface area contributed by atoms with Crippen LogP contribution in [0.3, 0.4) is 0 Å². The third-order valence-electron chi connectivity index (χ3n) is 5.05. The molecule has 0 saturated heterocycles. The second kappa shape index (κ2) is 7.43.